The lowest BCUT2D eigenvalue weighted by atomic mass is 9.87. The van der Waals surface area contributed by atoms with Crippen molar-refractivity contribution in [3.05, 3.63) is 176 Å². The largest absolute Gasteiger partial charge is 0.508 e. The minimum Gasteiger partial charge on any atom is -0.508 e. The molecule has 4 aromatic carbocycles. The zero-order chi connectivity index (χ0) is 49.1. The quantitative estimate of drug-likeness (QED) is 0.148. The van der Waals surface area contributed by atoms with Crippen LogP contribution in [0.25, 0.3) is 22.3 Å². The molecule has 0 saturated carbocycles. The van der Waals surface area contributed by atoms with Crippen molar-refractivity contribution in [2.45, 2.75) is 78.3 Å². The van der Waals surface area contributed by atoms with Crippen LogP contribution in [0.1, 0.15) is 63.8 Å². The fraction of sp³-hybridized carbons (Fsp3) is 0.320. The molecule has 0 aliphatic carbocycles. The number of phenols is 1. The summed E-state index contributed by atoms with van der Waals surface area (Å²) in [6.45, 7) is 13.9. The van der Waals surface area contributed by atoms with E-state index in [1.807, 2.05) is 84.9 Å². The van der Waals surface area contributed by atoms with E-state index in [-0.39, 0.29) is 22.4 Å². The Labute approximate surface area is 406 Å². The molecule has 0 fully saturated rings. The number of aromatic nitrogens is 8. The normalized spacial score (nSPS) is 11.6. The van der Waals surface area contributed by atoms with Gasteiger partial charge in [-0.1, -0.05) is 113 Å². The van der Waals surface area contributed by atoms with Crippen LogP contribution in [0.4, 0.5) is 0 Å². The van der Waals surface area contributed by atoms with Crippen LogP contribution < -0.4 is 27.2 Å². The number of hydrogen-bond acceptors (Lipinski definition) is 8. The number of aryl methyl sites for hydroxylation is 6. The molecule has 352 valence electrons. The maximum atomic E-state index is 13.0. The molecule has 8 aromatic rings. The van der Waals surface area contributed by atoms with Crippen molar-refractivity contribution >= 4 is 61.5 Å². The zero-order valence-corrected chi connectivity index (χ0v) is 42.4. The molecular formula is C50H55BrCl2N8O6. The second-order valence-corrected chi connectivity index (χ2v) is 19.8. The van der Waals surface area contributed by atoms with Gasteiger partial charge in [-0.3, -0.25) is 32.4 Å². The second kappa shape index (κ2) is 20.4. The monoisotopic (exact) mass is 1010 g/mol. The highest BCUT2D eigenvalue weighted by atomic mass is 79.9. The van der Waals surface area contributed by atoms with Crippen molar-refractivity contribution in [1.82, 2.24) is 37.4 Å². The fourth-order valence-corrected chi connectivity index (χ4v) is 7.98. The predicted molar refractivity (Wildman–Crippen MR) is 270 cm³/mol. The topological polar surface area (TPSA) is 153 Å². The Balaban J connectivity index is 0.000000188. The van der Waals surface area contributed by atoms with Gasteiger partial charge in [0.05, 0.1) is 0 Å². The van der Waals surface area contributed by atoms with Gasteiger partial charge in [0, 0.05) is 51.3 Å². The van der Waals surface area contributed by atoms with Crippen LogP contribution in [0.2, 0.25) is 10.0 Å². The SMILES string of the molecule is CC(C)(C)c1ccc(O)cc1.Cn1c(=O)c2c(nc(Br)n2CCc2ccc(Cl)cc2)n(C)c1=O.Cn1c(=O)c2c(nc(Oc3ccc(C(C)(C)C)cc3)n2CCc2ccc(Cl)cc2)n(C)c1=O. The lowest BCUT2D eigenvalue weighted by Crippen LogP contribution is -2.37. The van der Waals surface area contributed by atoms with Gasteiger partial charge in [-0.2, -0.15) is 4.98 Å². The number of fused-ring (bicyclic) bond motifs is 2. The highest BCUT2D eigenvalue weighted by molar-refractivity contribution is 9.10. The summed E-state index contributed by atoms with van der Waals surface area (Å²) < 4.78 is 15.1. The molecule has 8 rings (SSSR count). The summed E-state index contributed by atoms with van der Waals surface area (Å²) in [6, 6.07) is 30.6. The van der Waals surface area contributed by atoms with Crippen LogP contribution in [-0.4, -0.2) is 42.5 Å². The van der Waals surface area contributed by atoms with Gasteiger partial charge in [0.25, 0.3) is 11.1 Å². The van der Waals surface area contributed by atoms with Crippen LogP contribution in [0.15, 0.2) is 121 Å². The van der Waals surface area contributed by atoms with Crippen molar-refractivity contribution in [2.24, 2.45) is 28.2 Å². The van der Waals surface area contributed by atoms with E-state index in [4.69, 9.17) is 33.0 Å². The molecule has 0 spiro atoms. The molecule has 0 unspecified atom stereocenters. The lowest BCUT2D eigenvalue weighted by molar-refractivity contribution is 0.414. The first-order valence-corrected chi connectivity index (χ1v) is 23.1. The number of halogens is 3. The molecule has 0 radical (unpaired) electrons. The maximum Gasteiger partial charge on any atom is 0.332 e. The molecule has 0 saturated heterocycles. The summed E-state index contributed by atoms with van der Waals surface area (Å²) in [5.74, 6) is 0.936. The molecule has 67 heavy (non-hydrogen) atoms. The van der Waals surface area contributed by atoms with Crippen molar-refractivity contribution in [3.8, 4) is 17.5 Å². The molecule has 0 amide bonds. The van der Waals surface area contributed by atoms with Crippen LogP contribution >= 0.6 is 39.1 Å². The van der Waals surface area contributed by atoms with E-state index in [1.54, 1.807) is 35.4 Å². The summed E-state index contributed by atoms with van der Waals surface area (Å²) in [6.07, 6.45) is 1.35. The van der Waals surface area contributed by atoms with Crippen molar-refractivity contribution in [1.29, 1.82) is 0 Å². The smallest absolute Gasteiger partial charge is 0.332 e. The van der Waals surface area contributed by atoms with Gasteiger partial charge in [0.1, 0.15) is 11.5 Å². The third-order valence-corrected chi connectivity index (χ3v) is 12.5. The van der Waals surface area contributed by atoms with E-state index in [2.05, 4.69) is 67.4 Å². The maximum absolute atomic E-state index is 13.0. The number of phenolic OH excluding ortho intramolecular Hbond substituents is 1. The lowest BCUT2D eigenvalue weighted by Gasteiger charge is -2.19. The van der Waals surface area contributed by atoms with Gasteiger partial charge in [-0.25, -0.2) is 14.6 Å². The number of rotatable bonds is 8. The van der Waals surface area contributed by atoms with Crippen LogP contribution in [0, 0.1) is 0 Å². The summed E-state index contributed by atoms with van der Waals surface area (Å²) in [5.41, 5.74) is 4.61. The van der Waals surface area contributed by atoms with E-state index in [0.717, 1.165) is 20.3 Å². The highest BCUT2D eigenvalue weighted by Gasteiger charge is 2.22. The summed E-state index contributed by atoms with van der Waals surface area (Å²) in [4.78, 5) is 58.7. The average molecular weight is 1010 g/mol. The van der Waals surface area contributed by atoms with Gasteiger partial charge in [-0.05, 0) is 110 Å². The first-order chi connectivity index (χ1) is 31.5. The van der Waals surface area contributed by atoms with Crippen LogP contribution in [0.5, 0.6) is 17.5 Å². The average Bonchev–Trinajstić information content (AvgIpc) is 3.82. The van der Waals surface area contributed by atoms with E-state index in [1.165, 1.54) is 34.4 Å². The van der Waals surface area contributed by atoms with Gasteiger partial charge < -0.3 is 14.4 Å². The fourth-order valence-electron chi connectivity index (χ4n) is 7.21. The summed E-state index contributed by atoms with van der Waals surface area (Å²) in [7, 11) is 6.14. The minimum absolute atomic E-state index is 0.0226. The Bertz CT molecular complexity index is 3280. The molecule has 0 aliphatic rings. The van der Waals surface area contributed by atoms with E-state index >= 15 is 0 Å². The second-order valence-electron chi connectivity index (χ2n) is 18.3. The summed E-state index contributed by atoms with van der Waals surface area (Å²) >= 11 is 15.3. The molecular weight excluding hydrogens is 959 g/mol. The van der Waals surface area contributed by atoms with Crippen LogP contribution in [-0.2, 0) is 65.0 Å². The standard InChI is InChI=1S/C25H27ClN4O3.C15H14BrClN4O2.C10H14O/c1-25(2,3)17-8-12-19(13-9-17)33-23-27-21-20(22(31)29(5)24(32)28(21)4)30(23)15-14-16-6-10-18(26)11-7-16;1-19-12-11(13(22)20(2)15(19)23)21(14(16)18-12)8-7-9-3-5-10(17)6-4-9;1-10(2,3)8-4-6-9(11)7-5-8/h6-13H,14-15H2,1-5H3;3-6H,7-8H2,1-2H3;4-7,11H,1-3H3. The Kier molecular flexibility index (Phi) is 15.3. The van der Waals surface area contributed by atoms with E-state index in [9.17, 15) is 19.2 Å². The van der Waals surface area contributed by atoms with Gasteiger partial charge in [-0.15, -0.1) is 0 Å². The van der Waals surface area contributed by atoms with Gasteiger partial charge in [0.15, 0.2) is 27.1 Å². The Hall–Kier alpha value is -6.16. The zero-order valence-electron chi connectivity index (χ0n) is 39.3. The van der Waals surface area contributed by atoms with E-state index < -0.39 is 16.9 Å². The Morgan fingerprint density at radius 2 is 0.940 bits per heavy atom. The number of nitrogens with zero attached hydrogens (tertiary/aromatic N) is 8. The molecule has 1 N–H and O–H groups in total. The number of ether oxygens (including phenoxy) is 1. The molecule has 4 heterocycles. The minimum atomic E-state index is -0.434. The Morgan fingerprint density at radius 3 is 1.37 bits per heavy atom. The Morgan fingerprint density at radius 1 is 0.552 bits per heavy atom. The number of hydrogen-bond donors (Lipinski definition) is 1. The molecule has 0 bridgehead atoms. The molecule has 17 heteroatoms. The van der Waals surface area contributed by atoms with Crippen molar-refractivity contribution in [2.75, 3.05) is 0 Å². The first-order valence-electron chi connectivity index (χ1n) is 21.5. The molecule has 0 aliphatic heterocycles. The third kappa shape index (κ3) is 11.5. The molecule has 14 nitrogen and oxygen atoms in total. The first kappa shape index (κ1) is 50.3. The number of benzene rings is 4. The van der Waals surface area contributed by atoms with E-state index in [0.29, 0.717) is 74.5 Å². The van der Waals surface area contributed by atoms with Crippen molar-refractivity contribution in [3.63, 3.8) is 0 Å². The van der Waals surface area contributed by atoms with Crippen LogP contribution in [0.3, 0.4) is 0 Å². The molecule has 0 atom stereocenters. The molecule has 4 aromatic heterocycles. The highest BCUT2D eigenvalue weighted by Crippen LogP contribution is 2.29. The van der Waals surface area contributed by atoms with Crippen molar-refractivity contribution < 1.29 is 9.84 Å². The third-order valence-electron chi connectivity index (χ3n) is 11.4. The number of aromatic hydroxyl groups is 1. The van der Waals surface area contributed by atoms with Gasteiger partial charge in [0.2, 0.25) is 0 Å². The summed E-state index contributed by atoms with van der Waals surface area (Å²) in [5, 5.41) is 10.4. The number of imidazole rings is 2. The predicted octanol–water partition coefficient (Wildman–Crippen LogP) is 9.20. The van der Waals surface area contributed by atoms with Gasteiger partial charge >= 0.3 is 17.4 Å².